The fourth-order valence-corrected chi connectivity index (χ4v) is 3.05. The monoisotopic (exact) mass is 369 g/mol. The maximum atomic E-state index is 12.4. The van der Waals surface area contributed by atoms with Gasteiger partial charge in [0.05, 0.1) is 16.4 Å². The van der Waals surface area contributed by atoms with E-state index in [0.717, 1.165) is 5.69 Å². The predicted octanol–water partition coefficient (Wildman–Crippen LogP) is 3.89. The molecule has 26 heavy (non-hydrogen) atoms. The topological polar surface area (TPSA) is 103 Å². The highest BCUT2D eigenvalue weighted by Crippen LogP contribution is 2.27. The van der Waals surface area contributed by atoms with Gasteiger partial charge >= 0.3 is 5.97 Å². The van der Waals surface area contributed by atoms with Gasteiger partial charge in [0.2, 0.25) is 5.91 Å². The van der Waals surface area contributed by atoms with Gasteiger partial charge in [-0.1, -0.05) is 31.7 Å². The van der Waals surface area contributed by atoms with Crippen LogP contribution in [0.2, 0.25) is 0 Å². The second kappa shape index (κ2) is 8.50. The molecule has 1 amide bonds. The molecule has 0 radical (unpaired) electrons. The van der Waals surface area contributed by atoms with Crippen LogP contribution in [0.4, 0.5) is 5.69 Å². The first-order chi connectivity index (χ1) is 12.3. The van der Waals surface area contributed by atoms with Crippen molar-refractivity contribution in [3.63, 3.8) is 0 Å². The van der Waals surface area contributed by atoms with Crippen LogP contribution in [-0.4, -0.2) is 27.2 Å². The van der Waals surface area contributed by atoms with Crippen LogP contribution < -0.4 is 5.32 Å². The largest absolute Gasteiger partial charge is 0.478 e. The molecule has 0 aliphatic carbocycles. The standard InChI is InChI=1S/C19H19N3O3S/c1-11(2)16-8-7-14(10-20)18(22-16)26-12(3)17(23)21-15-6-4-5-13(9-15)19(24)25/h4-9,11-12H,1-3H3,(H,21,23)(H,24,25). The highest BCUT2D eigenvalue weighted by molar-refractivity contribution is 8.00. The number of carbonyl (C=O) groups excluding carboxylic acids is 1. The average Bonchev–Trinajstić information content (AvgIpc) is 2.61. The van der Waals surface area contributed by atoms with E-state index in [4.69, 9.17) is 5.11 Å². The van der Waals surface area contributed by atoms with E-state index in [0.29, 0.717) is 16.3 Å². The van der Waals surface area contributed by atoms with E-state index in [2.05, 4.69) is 16.4 Å². The Morgan fingerprint density at radius 2 is 1.96 bits per heavy atom. The molecule has 1 aromatic heterocycles. The third-order valence-electron chi connectivity index (χ3n) is 3.63. The van der Waals surface area contributed by atoms with Gasteiger partial charge in [-0.2, -0.15) is 5.26 Å². The smallest absolute Gasteiger partial charge is 0.335 e. The summed E-state index contributed by atoms with van der Waals surface area (Å²) in [6.45, 7) is 5.73. The van der Waals surface area contributed by atoms with Crippen LogP contribution in [-0.2, 0) is 4.79 Å². The summed E-state index contributed by atoms with van der Waals surface area (Å²) in [5.74, 6) is -1.14. The molecule has 0 aliphatic rings. The number of aromatic carboxylic acids is 1. The maximum absolute atomic E-state index is 12.4. The zero-order chi connectivity index (χ0) is 19.3. The zero-order valence-electron chi connectivity index (χ0n) is 14.7. The number of carbonyl (C=O) groups is 2. The number of benzene rings is 1. The molecular weight excluding hydrogens is 350 g/mol. The van der Waals surface area contributed by atoms with Gasteiger partial charge in [-0.3, -0.25) is 4.79 Å². The first-order valence-corrected chi connectivity index (χ1v) is 8.91. The molecule has 0 spiro atoms. The Balaban J connectivity index is 2.14. The number of nitrogens with zero attached hydrogens (tertiary/aromatic N) is 2. The average molecular weight is 369 g/mol. The number of hydrogen-bond donors (Lipinski definition) is 2. The Morgan fingerprint density at radius 3 is 2.58 bits per heavy atom. The molecule has 6 nitrogen and oxygen atoms in total. The van der Waals surface area contributed by atoms with Gasteiger partial charge in [0.25, 0.3) is 0 Å². The summed E-state index contributed by atoms with van der Waals surface area (Å²) >= 11 is 1.20. The lowest BCUT2D eigenvalue weighted by Gasteiger charge is -2.14. The van der Waals surface area contributed by atoms with Gasteiger partial charge < -0.3 is 10.4 Å². The fourth-order valence-electron chi connectivity index (χ4n) is 2.15. The SMILES string of the molecule is CC(Sc1nc(C(C)C)ccc1C#N)C(=O)Nc1cccc(C(=O)O)c1. The summed E-state index contributed by atoms with van der Waals surface area (Å²) in [6, 6.07) is 11.7. The van der Waals surface area contributed by atoms with Gasteiger partial charge in [0.1, 0.15) is 11.1 Å². The number of rotatable bonds is 6. The van der Waals surface area contributed by atoms with Gasteiger partial charge in [-0.15, -0.1) is 0 Å². The molecule has 0 aliphatic heterocycles. The normalized spacial score (nSPS) is 11.7. The van der Waals surface area contributed by atoms with Crippen LogP contribution in [0.1, 0.15) is 48.3 Å². The van der Waals surface area contributed by atoms with Crippen LogP contribution in [0.5, 0.6) is 0 Å². The van der Waals surface area contributed by atoms with Gasteiger partial charge in [0, 0.05) is 11.4 Å². The molecule has 0 saturated heterocycles. The van der Waals surface area contributed by atoms with E-state index in [1.54, 1.807) is 25.1 Å². The Morgan fingerprint density at radius 1 is 1.23 bits per heavy atom. The van der Waals surface area contributed by atoms with Crippen LogP contribution in [0.3, 0.4) is 0 Å². The minimum atomic E-state index is -1.06. The second-order valence-corrected chi connectivity index (χ2v) is 7.32. The fraction of sp³-hybridized carbons (Fsp3) is 0.263. The van der Waals surface area contributed by atoms with E-state index in [9.17, 15) is 14.9 Å². The van der Waals surface area contributed by atoms with Crippen LogP contribution in [0.25, 0.3) is 0 Å². The highest BCUT2D eigenvalue weighted by atomic mass is 32.2. The number of amides is 1. The summed E-state index contributed by atoms with van der Waals surface area (Å²) in [5.41, 5.74) is 1.79. The minimum absolute atomic E-state index is 0.0983. The molecule has 1 unspecified atom stereocenters. The third kappa shape index (κ3) is 4.83. The molecule has 0 saturated carbocycles. The number of aromatic nitrogens is 1. The van der Waals surface area contributed by atoms with Crippen molar-refractivity contribution in [2.24, 2.45) is 0 Å². The van der Waals surface area contributed by atoms with E-state index in [1.165, 1.54) is 23.9 Å². The maximum Gasteiger partial charge on any atom is 0.335 e. The van der Waals surface area contributed by atoms with Crippen molar-refractivity contribution >= 4 is 29.3 Å². The van der Waals surface area contributed by atoms with Crippen molar-refractivity contribution in [3.8, 4) is 6.07 Å². The van der Waals surface area contributed by atoms with Crippen LogP contribution in [0, 0.1) is 11.3 Å². The van der Waals surface area contributed by atoms with Crippen LogP contribution in [0.15, 0.2) is 41.4 Å². The van der Waals surface area contributed by atoms with E-state index >= 15 is 0 Å². The summed E-state index contributed by atoms with van der Waals surface area (Å²) in [7, 11) is 0. The number of nitriles is 1. The van der Waals surface area contributed by atoms with Crippen molar-refractivity contribution in [1.29, 1.82) is 5.26 Å². The molecule has 134 valence electrons. The Labute approximate surface area is 156 Å². The quantitative estimate of drug-likeness (QED) is 0.749. The van der Waals surface area contributed by atoms with Crippen molar-refractivity contribution in [3.05, 3.63) is 53.2 Å². The number of hydrogen-bond acceptors (Lipinski definition) is 5. The number of pyridine rings is 1. The second-order valence-electron chi connectivity index (χ2n) is 5.99. The molecule has 2 aromatic rings. The number of carboxylic acid groups (broad SMARTS) is 1. The van der Waals surface area contributed by atoms with Crippen molar-refractivity contribution in [2.75, 3.05) is 5.32 Å². The molecule has 7 heteroatoms. The number of thioether (sulfide) groups is 1. The molecule has 2 rings (SSSR count). The highest BCUT2D eigenvalue weighted by Gasteiger charge is 2.19. The minimum Gasteiger partial charge on any atom is -0.478 e. The molecule has 1 heterocycles. The summed E-state index contributed by atoms with van der Waals surface area (Å²) in [4.78, 5) is 27.9. The van der Waals surface area contributed by atoms with Gasteiger partial charge in [-0.25, -0.2) is 9.78 Å². The van der Waals surface area contributed by atoms with E-state index < -0.39 is 11.2 Å². The number of carboxylic acids is 1. The summed E-state index contributed by atoms with van der Waals surface area (Å²) < 4.78 is 0. The first-order valence-electron chi connectivity index (χ1n) is 8.03. The van der Waals surface area contributed by atoms with E-state index in [-0.39, 0.29) is 17.4 Å². The Kier molecular flexibility index (Phi) is 6.36. The van der Waals surface area contributed by atoms with Crippen molar-refractivity contribution in [2.45, 2.75) is 37.0 Å². The first kappa shape index (κ1) is 19.5. The van der Waals surface area contributed by atoms with E-state index in [1.807, 2.05) is 19.9 Å². The lowest BCUT2D eigenvalue weighted by Crippen LogP contribution is -2.22. The molecule has 1 atom stereocenters. The predicted molar refractivity (Wildman–Crippen MR) is 100 cm³/mol. The Hall–Kier alpha value is -2.85. The van der Waals surface area contributed by atoms with Crippen molar-refractivity contribution in [1.82, 2.24) is 4.98 Å². The summed E-state index contributed by atoms with van der Waals surface area (Å²) in [6.07, 6.45) is 0. The van der Waals surface area contributed by atoms with Gasteiger partial charge in [0.15, 0.2) is 0 Å². The van der Waals surface area contributed by atoms with Crippen LogP contribution >= 0.6 is 11.8 Å². The molecular formula is C19H19N3O3S. The lowest BCUT2D eigenvalue weighted by molar-refractivity contribution is -0.115. The number of anilines is 1. The van der Waals surface area contributed by atoms with Gasteiger partial charge in [-0.05, 0) is 43.2 Å². The summed E-state index contributed by atoms with van der Waals surface area (Å²) in [5, 5.41) is 21.0. The Bertz CT molecular complexity index is 875. The molecule has 0 bridgehead atoms. The molecule has 0 fully saturated rings. The molecule has 1 aromatic carbocycles. The van der Waals surface area contributed by atoms with Crippen molar-refractivity contribution < 1.29 is 14.7 Å². The molecule has 2 N–H and O–H groups in total. The number of nitrogens with one attached hydrogen (secondary N) is 1. The zero-order valence-corrected chi connectivity index (χ0v) is 15.5. The lowest BCUT2D eigenvalue weighted by atomic mass is 10.1. The third-order valence-corrected chi connectivity index (χ3v) is 4.73.